The van der Waals surface area contributed by atoms with E-state index in [1.807, 2.05) is 0 Å². The highest BCUT2D eigenvalue weighted by Crippen LogP contribution is 2.26. The normalized spacial score (nSPS) is 16.3. The third kappa shape index (κ3) is 4.37. The van der Waals surface area contributed by atoms with Crippen molar-refractivity contribution in [1.82, 2.24) is 9.88 Å². The standard InChI is InChI=1S/C18H21N3O4S2/c1-2-24-17(23)11-5-7-12(8-6-11)21-15(19)14(27-18(21)26)16(22)20-10-13-4-3-9-25-13/h5-8,13H,2-4,9-10,19H2,1H3,(H,20,22)/t13-/m1/s1. The maximum atomic E-state index is 12.5. The molecular formula is C18H21N3O4S2. The third-order valence-electron chi connectivity index (χ3n) is 4.20. The lowest BCUT2D eigenvalue weighted by atomic mass is 10.2. The molecule has 0 spiro atoms. The van der Waals surface area contributed by atoms with Gasteiger partial charge in [-0.25, -0.2) is 4.79 Å². The second-order valence-corrected chi connectivity index (χ2v) is 7.67. The molecule has 1 aliphatic rings. The van der Waals surface area contributed by atoms with Crippen molar-refractivity contribution in [1.29, 1.82) is 0 Å². The van der Waals surface area contributed by atoms with Gasteiger partial charge >= 0.3 is 5.97 Å². The van der Waals surface area contributed by atoms with Crippen LogP contribution in [0.3, 0.4) is 0 Å². The predicted molar refractivity (Wildman–Crippen MR) is 106 cm³/mol. The minimum absolute atomic E-state index is 0.0562. The number of nitrogens with one attached hydrogen (secondary N) is 1. The van der Waals surface area contributed by atoms with Gasteiger partial charge in [-0.05, 0) is 56.2 Å². The lowest BCUT2D eigenvalue weighted by molar-refractivity contribution is 0.0526. The number of esters is 1. The van der Waals surface area contributed by atoms with Crippen LogP contribution in [0.15, 0.2) is 24.3 Å². The van der Waals surface area contributed by atoms with E-state index in [0.717, 1.165) is 30.8 Å². The Morgan fingerprint density at radius 3 is 2.78 bits per heavy atom. The number of rotatable bonds is 6. The van der Waals surface area contributed by atoms with E-state index < -0.39 is 0 Å². The zero-order valence-electron chi connectivity index (χ0n) is 14.9. The summed E-state index contributed by atoms with van der Waals surface area (Å²) in [6, 6.07) is 6.73. The smallest absolute Gasteiger partial charge is 0.338 e. The maximum Gasteiger partial charge on any atom is 0.338 e. The molecule has 0 aliphatic carbocycles. The number of nitrogen functional groups attached to an aromatic ring is 1. The van der Waals surface area contributed by atoms with Gasteiger partial charge in [0.05, 0.1) is 18.3 Å². The number of benzene rings is 1. The van der Waals surface area contributed by atoms with Gasteiger partial charge in [0.2, 0.25) is 0 Å². The quantitative estimate of drug-likeness (QED) is 0.565. The van der Waals surface area contributed by atoms with Crippen molar-refractivity contribution < 1.29 is 19.1 Å². The summed E-state index contributed by atoms with van der Waals surface area (Å²) in [6.45, 7) is 3.26. The van der Waals surface area contributed by atoms with Crippen LogP contribution in [-0.2, 0) is 9.47 Å². The van der Waals surface area contributed by atoms with Crippen molar-refractivity contribution in [2.24, 2.45) is 0 Å². The average Bonchev–Trinajstić information content (AvgIpc) is 3.28. The number of anilines is 1. The number of carbonyl (C=O) groups is 2. The first kappa shape index (κ1) is 19.5. The van der Waals surface area contributed by atoms with E-state index in [2.05, 4.69) is 5.32 Å². The van der Waals surface area contributed by atoms with Crippen LogP contribution in [0.1, 0.15) is 39.8 Å². The Labute approximate surface area is 166 Å². The van der Waals surface area contributed by atoms with Gasteiger partial charge in [0, 0.05) is 18.8 Å². The van der Waals surface area contributed by atoms with E-state index in [9.17, 15) is 9.59 Å². The van der Waals surface area contributed by atoms with Crippen molar-refractivity contribution >= 4 is 41.2 Å². The summed E-state index contributed by atoms with van der Waals surface area (Å²) in [5.74, 6) is -0.375. The van der Waals surface area contributed by atoms with Gasteiger partial charge in [-0.3, -0.25) is 9.36 Å². The van der Waals surface area contributed by atoms with Gasteiger partial charge < -0.3 is 20.5 Å². The molecule has 1 saturated heterocycles. The lowest BCUT2D eigenvalue weighted by Gasteiger charge is -2.11. The third-order valence-corrected chi connectivity index (χ3v) is 5.59. The SMILES string of the molecule is CCOC(=O)c1ccc(-n2c(N)c(C(=O)NC[C@H]3CCCO3)sc2=S)cc1. The molecule has 1 aromatic carbocycles. The maximum absolute atomic E-state index is 12.5. The lowest BCUT2D eigenvalue weighted by Crippen LogP contribution is -2.31. The average molecular weight is 408 g/mol. The van der Waals surface area contributed by atoms with Crippen LogP contribution < -0.4 is 11.1 Å². The Morgan fingerprint density at radius 1 is 1.41 bits per heavy atom. The fraction of sp³-hybridized carbons (Fsp3) is 0.389. The first-order chi connectivity index (χ1) is 13.0. The molecule has 2 aromatic rings. The molecule has 9 heteroatoms. The zero-order chi connectivity index (χ0) is 19.4. The van der Waals surface area contributed by atoms with Crippen LogP contribution in [0.2, 0.25) is 0 Å². The van der Waals surface area contributed by atoms with Gasteiger partial charge in [-0.15, -0.1) is 0 Å². The molecule has 7 nitrogen and oxygen atoms in total. The topological polar surface area (TPSA) is 95.6 Å². The fourth-order valence-electron chi connectivity index (χ4n) is 2.85. The van der Waals surface area contributed by atoms with Gasteiger partial charge in [0.15, 0.2) is 3.95 Å². The number of aromatic nitrogens is 1. The molecule has 27 heavy (non-hydrogen) atoms. The minimum atomic E-state index is -0.389. The molecule has 1 amide bonds. The number of ether oxygens (including phenoxy) is 2. The molecule has 1 aliphatic heterocycles. The highest BCUT2D eigenvalue weighted by molar-refractivity contribution is 7.73. The highest BCUT2D eigenvalue weighted by Gasteiger charge is 2.21. The fourth-order valence-corrected chi connectivity index (χ4v) is 4.13. The molecule has 1 fully saturated rings. The molecule has 1 atom stereocenters. The molecular weight excluding hydrogens is 386 g/mol. The first-order valence-electron chi connectivity index (χ1n) is 8.70. The molecule has 0 saturated carbocycles. The summed E-state index contributed by atoms with van der Waals surface area (Å²) in [6.07, 6.45) is 2.01. The minimum Gasteiger partial charge on any atom is -0.462 e. The van der Waals surface area contributed by atoms with Crippen molar-refractivity contribution in [3.63, 3.8) is 0 Å². The number of nitrogens with zero attached hydrogens (tertiary/aromatic N) is 1. The Bertz CT molecular complexity index is 883. The van der Waals surface area contributed by atoms with E-state index in [1.165, 1.54) is 0 Å². The van der Waals surface area contributed by atoms with E-state index in [1.54, 1.807) is 35.8 Å². The molecule has 0 unspecified atom stereocenters. The van der Waals surface area contributed by atoms with Crippen molar-refractivity contribution in [3.8, 4) is 5.69 Å². The van der Waals surface area contributed by atoms with Gasteiger partial charge in [-0.2, -0.15) is 0 Å². The summed E-state index contributed by atoms with van der Waals surface area (Å²) in [7, 11) is 0. The van der Waals surface area contributed by atoms with Crippen LogP contribution in [0.25, 0.3) is 5.69 Å². The van der Waals surface area contributed by atoms with E-state index in [0.29, 0.717) is 33.2 Å². The summed E-state index contributed by atoms with van der Waals surface area (Å²) in [4.78, 5) is 24.6. The van der Waals surface area contributed by atoms with E-state index >= 15 is 0 Å². The monoisotopic (exact) mass is 407 g/mol. The second kappa shape index (κ2) is 8.64. The van der Waals surface area contributed by atoms with Gasteiger partial charge in [-0.1, -0.05) is 11.3 Å². The predicted octanol–water partition coefficient (Wildman–Crippen LogP) is 2.94. The number of amides is 1. The summed E-state index contributed by atoms with van der Waals surface area (Å²) >= 11 is 6.54. The Balaban J connectivity index is 1.77. The molecule has 3 N–H and O–H groups in total. The zero-order valence-corrected chi connectivity index (χ0v) is 16.5. The number of hydrogen-bond donors (Lipinski definition) is 2. The Kier molecular flexibility index (Phi) is 6.25. The second-order valence-electron chi connectivity index (χ2n) is 6.03. The summed E-state index contributed by atoms with van der Waals surface area (Å²) < 4.78 is 12.6. The van der Waals surface area contributed by atoms with E-state index in [4.69, 9.17) is 27.4 Å². The molecule has 2 heterocycles. The summed E-state index contributed by atoms with van der Waals surface area (Å²) in [5, 5.41) is 2.86. The molecule has 3 rings (SSSR count). The van der Waals surface area contributed by atoms with Crippen molar-refractivity contribution in [2.75, 3.05) is 25.5 Å². The highest BCUT2D eigenvalue weighted by atomic mass is 32.1. The molecule has 0 radical (unpaired) electrons. The molecule has 0 bridgehead atoms. The van der Waals surface area contributed by atoms with Crippen LogP contribution in [-0.4, -0.2) is 42.3 Å². The number of carbonyl (C=O) groups excluding carboxylic acids is 2. The Hall–Kier alpha value is -2.23. The van der Waals surface area contributed by atoms with Gasteiger partial charge in [0.25, 0.3) is 5.91 Å². The first-order valence-corrected chi connectivity index (χ1v) is 9.92. The largest absolute Gasteiger partial charge is 0.462 e. The van der Waals surface area contributed by atoms with Crippen LogP contribution in [0.5, 0.6) is 0 Å². The molecule has 144 valence electrons. The van der Waals surface area contributed by atoms with Crippen molar-refractivity contribution in [3.05, 3.63) is 38.7 Å². The van der Waals surface area contributed by atoms with Crippen LogP contribution in [0, 0.1) is 3.95 Å². The van der Waals surface area contributed by atoms with E-state index in [-0.39, 0.29) is 23.8 Å². The van der Waals surface area contributed by atoms with Crippen LogP contribution >= 0.6 is 23.6 Å². The van der Waals surface area contributed by atoms with Gasteiger partial charge in [0.1, 0.15) is 10.7 Å². The number of nitrogens with two attached hydrogens (primary N) is 1. The molecule has 1 aromatic heterocycles. The van der Waals surface area contributed by atoms with Crippen molar-refractivity contribution in [2.45, 2.75) is 25.9 Å². The number of thiazole rings is 1. The Morgan fingerprint density at radius 2 is 2.15 bits per heavy atom. The number of hydrogen-bond acceptors (Lipinski definition) is 7. The van der Waals surface area contributed by atoms with Crippen LogP contribution in [0.4, 0.5) is 5.82 Å². The summed E-state index contributed by atoms with van der Waals surface area (Å²) in [5.41, 5.74) is 7.31.